The molecule has 21 heavy (non-hydrogen) atoms. The lowest BCUT2D eigenvalue weighted by atomic mass is 10.2. The number of nitrogens with two attached hydrogens (primary N) is 1. The Kier molecular flexibility index (Phi) is 3.61. The van der Waals surface area contributed by atoms with Crippen LogP contribution >= 0.6 is 23.2 Å². The molecule has 0 fully saturated rings. The lowest BCUT2D eigenvalue weighted by Crippen LogP contribution is -2.05. The molecule has 0 atom stereocenters. The fourth-order valence-corrected chi connectivity index (χ4v) is 2.46. The number of halogens is 2. The van der Waals surface area contributed by atoms with Crippen LogP contribution in [0.5, 0.6) is 5.88 Å². The van der Waals surface area contributed by atoms with Crippen LogP contribution in [0.1, 0.15) is 5.56 Å². The Labute approximate surface area is 131 Å². The van der Waals surface area contributed by atoms with E-state index in [1.807, 2.05) is 16.7 Å². The average Bonchev–Trinajstić information content (AvgIpc) is 2.76. The van der Waals surface area contributed by atoms with Gasteiger partial charge in [0.2, 0.25) is 11.8 Å². The third kappa shape index (κ3) is 2.62. The molecular formula is C14H12Cl2N4O. The molecule has 2 aromatic heterocycles. The van der Waals surface area contributed by atoms with Crippen LogP contribution in [-0.2, 0) is 6.54 Å². The monoisotopic (exact) mass is 322 g/mol. The molecule has 0 amide bonds. The highest BCUT2D eigenvalue weighted by molar-refractivity contribution is 6.42. The van der Waals surface area contributed by atoms with Crippen LogP contribution in [0.15, 0.2) is 30.5 Å². The van der Waals surface area contributed by atoms with Crippen LogP contribution < -0.4 is 10.5 Å². The summed E-state index contributed by atoms with van der Waals surface area (Å²) in [6.45, 7) is 0.541. The summed E-state index contributed by atoms with van der Waals surface area (Å²) in [4.78, 5) is 8.39. The molecule has 2 N–H and O–H groups in total. The van der Waals surface area contributed by atoms with Gasteiger partial charge in [0.05, 0.1) is 34.7 Å². The molecule has 0 saturated heterocycles. The number of imidazole rings is 1. The van der Waals surface area contributed by atoms with Crippen LogP contribution in [0.3, 0.4) is 0 Å². The van der Waals surface area contributed by atoms with Gasteiger partial charge in [-0.3, -0.25) is 0 Å². The molecule has 0 aliphatic heterocycles. The molecule has 0 saturated carbocycles. The number of methoxy groups -OCH3 is 1. The van der Waals surface area contributed by atoms with Crippen molar-refractivity contribution in [2.24, 2.45) is 0 Å². The number of nitrogen functional groups attached to an aromatic ring is 1. The standard InChI is InChI=1S/C14H12Cl2N4O/c1-21-13-4-8(2-3-18-13)7-20-12-6-10(16)9(15)5-11(12)19-14(20)17/h2-6H,7H2,1H3,(H2,17,19). The normalized spacial score (nSPS) is 11.0. The zero-order chi connectivity index (χ0) is 15.0. The Bertz CT molecular complexity index is 816. The molecule has 7 heteroatoms. The lowest BCUT2D eigenvalue weighted by Gasteiger charge is -2.08. The molecule has 1 aromatic carbocycles. The van der Waals surface area contributed by atoms with Gasteiger partial charge in [-0.15, -0.1) is 0 Å². The van der Waals surface area contributed by atoms with E-state index in [1.54, 1.807) is 25.4 Å². The fraction of sp³-hybridized carbons (Fsp3) is 0.143. The number of aromatic nitrogens is 3. The van der Waals surface area contributed by atoms with Crippen molar-refractivity contribution in [3.05, 3.63) is 46.1 Å². The predicted octanol–water partition coefficient (Wildman–Crippen LogP) is 3.38. The summed E-state index contributed by atoms with van der Waals surface area (Å²) in [6, 6.07) is 7.22. The minimum Gasteiger partial charge on any atom is -0.481 e. The Morgan fingerprint density at radius 2 is 2.00 bits per heavy atom. The maximum atomic E-state index is 6.08. The van der Waals surface area contributed by atoms with Crippen LogP contribution in [0.4, 0.5) is 5.95 Å². The second-order valence-electron chi connectivity index (χ2n) is 4.52. The SMILES string of the molecule is COc1cc(Cn2c(N)nc3cc(Cl)c(Cl)cc32)ccn1. The van der Waals surface area contributed by atoms with Gasteiger partial charge in [0.15, 0.2) is 0 Å². The summed E-state index contributed by atoms with van der Waals surface area (Å²) in [5.74, 6) is 0.954. The molecule has 108 valence electrons. The van der Waals surface area contributed by atoms with E-state index in [-0.39, 0.29) is 0 Å². The van der Waals surface area contributed by atoms with Crippen molar-refractivity contribution in [1.82, 2.24) is 14.5 Å². The van der Waals surface area contributed by atoms with Gasteiger partial charge in [0, 0.05) is 12.3 Å². The van der Waals surface area contributed by atoms with Gasteiger partial charge in [-0.25, -0.2) is 9.97 Å². The summed E-state index contributed by atoms with van der Waals surface area (Å²) >= 11 is 12.1. The molecular weight excluding hydrogens is 311 g/mol. The van der Waals surface area contributed by atoms with Crippen LogP contribution in [0.2, 0.25) is 10.0 Å². The van der Waals surface area contributed by atoms with Crippen LogP contribution in [0.25, 0.3) is 11.0 Å². The molecule has 0 aliphatic carbocycles. The first-order valence-corrected chi connectivity index (χ1v) is 6.94. The van der Waals surface area contributed by atoms with E-state index >= 15 is 0 Å². The van der Waals surface area contributed by atoms with Crippen molar-refractivity contribution in [3.63, 3.8) is 0 Å². The van der Waals surface area contributed by atoms with Crippen LogP contribution in [0, 0.1) is 0 Å². The zero-order valence-electron chi connectivity index (χ0n) is 11.2. The number of ether oxygens (including phenoxy) is 1. The van der Waals surface area contributed by atoms with Crippen molar-refractivity contribution in [1.29, 1.82) is 0 Å². The first kappa shape index (κ1) is 14.0. The van der Waals surface area contributed by atoms with Gasteiger partial charge in [-0.2, -0.15) is 0 Å². The van der Waals surface area contributed by atoms with E-state index in [0.29, 0.717) is 33.9 Å². The summed E-state index contributed by atoms with van der Waals surface area (Å²) in [6.07, 6.45) is 1.69. The number of rotatable bonds is 3. The molecule has 0 aliphatic rings. The number of hydrogen-bond donors (Lipinski definition) is 1. The van der Waals surface area contributed by atoms with Crippen molar-refractivity contribution in [2.45, 2.75) is 6.54 Å². The molecule has 5 nitrogen and oxygen atoms in total. The van der Waals surface area contributed by atoms with Crippen molar-refractivity contribution < 1.29 is 4.74 Å². The highest BCUT2D eigenvalue weighted by Gasteiger charge is 2.12. The van der Waals surface area contributed by atoms with Gasteiger partial charge in [-0.1, -0.05) is 23.2 Å². The number of fused-ring (bicyclic) bond motifs is 1. The molecule has 2 heterocycles. The average molecular weight is 323 g/mol. The van der Waals surface area contributed by atoms with Gasteiger partial charge < -0.3 is 15.0 Å². The number of nitrogens with zero attached hydrogens (tertiary/aromatic N) is 3. The van der Waals surface area contributed by atoms with Crippen molar-refractivity contribution in [2.75, 3.05) is 12.8 Å². The second kappa shape index (κ2) is 5.42. The third-order valence-electron chi connectivity index (χ3n) is 3.17. The molecule has 3 aromatic rings. The Balaban J connectivity index is 2.07. The van der Waals surface area contributed by atoms with E-state index in [1.165, 1.54) is 0 Å². The van der Waals surface area contributed by atoms with Gasteiger partial charge in [0.25, 0.3) is 0 Å². The zero-order valence-corrected chi connectivity index (χ0v) is 12.7. The number of benzene rings is 1. The first-order chi connectivity index (χ1) is 10.1. The summed E-state index contributed by atoms with van der Waals surface area (Å²) in [5, 5.41) is 0.928. The Hall–Kier alpha value is -1.98. The van der Waals surface area contributed by atoms with E-state index in [0.717, 1.165) is 11.1 Å². The van der Waals surface area contributed by atoms with E-state index in [2.05, 4.69) is 9.97 Å². The van der Waals surface area contributed by atoms with Gasteiger partial charge >= 0.3 is 0 Å². The summed E-state index contributed by atoms with van der Waals surface area (Å²) < 4.78 is 6.99. The van der Waals surface area contributed by atoms with E-state index < -0.39 is 0 Å². The number of pyridine rings is 1. The maximum absolute atomic E-state index is 6.08. The first-order valence-electron chi connectivity index (χ1n) is 6.18. The Morgan fingerprint density at radius 3 is 2.76 bits per heavy atom. The minimum absolute atomic E-state index is 0.402. The van der Waals surface area contributed by atoms with Crippen molar-refractivity contribution >= 4 is 40.2 Å². The topological polar surface area (TPSA) is 66.0 Å². The lowest BCUT2D eigenvalue weighted by molar-refractivity contribution is 0.397. The highest BCUT2D eigenvalue weighted by Crippen LogP contribution is 2.29. The second-order valence-corrected chi connectivity index (χ2v) is 5.33. The fourth-order valence-electron chi connectivity index (χ4n) is 2.15. The number of hydrogen-bond acceptors (Lipinski definition) is 4. The largest absolute Gasteiger partial charge is 0.481 e. The predicted molar refractivity (Wildman–Crippen MR) is 84.1 cm³/mol. The van der Waals surface area contributed by atoms with Gasteiger partial charge in [0.1, 0.15) is 0 Å². The quantitative estimate of drug-likeness (QED) is 0.802. The minimum atomic E-state index is 0.402. The van der Waals surface area contributed by atoms with Gasteiger partial charge in [-0.05, 0) is 23.8 Å². The molecule has 0 bridgehead atoms. The molecule has 0 radical (unpaired) electrons. The van der Waals surface area contributed by atoms with E-state index in [4.69, 9.17) is 33.7 Å². The van der Waals surface area contributed by atoms with Crippen molar-refractivity contribution in [3.8, 4) is 5.88 Å². The molecule has 0 unspecified atom stereocenters. The smallest absolute Gasteiger partial charge is 0.213 e. The molecule has 3 rings (SSSR count). The maximum Gasteiger partial charge on any atom is 0.213 e. The molecule has 0 spiro atoms. The Morgan fingerprint density at radius 1 is 1.24 bits per heavy atom. The highest BCUT2D eigenvalue weighted by atomic mass is 35.5. The van der Waals surface area contributed by atoms with Crippen LogP contribution in [-0.4, -0.2) is 21.6 Å². The van der Waals surface area contributed by atoms with E-state index in [9.17, 15) is 0 Å². The number of anilines is 1. The summed E-state index contributed by atoms with van der Waals surface area (Å²) in [5.41, 5.74) is 8.53. The third-order valence-corrected chi connectivity index (χ3v) is 3.89. The summed E-state index contributed by atoms with van der Waals surface area (Å²) in [7, 11) is 1.58.